The summed E-state index contributed by atoms with van der Waals surface area (Å²) in [5, 5.41) is 11.1. The molecule has 7 heteroatoms. The van der Waals surface area contributed by atoms with Gasteiger partial charge in [-0.1, -0.05) is 19.1 Å². The van der Waals surface area contributed by atoms with Crippen molar-refractivity contribution in [1.29, 1.82) is 0 Å². The molecule has 0 aliphatic heterocycles. The number of hydrogen-bond acceptors (Lipinski definition) is 5. The van der Waals surface area contributed by atoms with Gasteiger partial charge in [0.2, 0.25) is 11.6 Å². The fourth-order valence-corrected chi connectivity index (χ4v) is 2.73. The van der Waals surface area contributed by atoms with Gasteiger partial charge >= 0.3 is 0 Å². The Labute approximate surface area is 154 Å². The predicted octanol–water partition coefficient (Wildman–Crippen LogP) is 4.03. The number of rotatable bonds is 5. The number of H-pyrrole nitrogens is 1. The van der Waals surface area contributed by atoms with Gasteiger partial charge in [-0.25, -0.2) is 14.4 Å². The molecule has 0 saturated heterocycles. The molecular formula is C20H16FN5O. The summed E-state index contributed by atoms with van der Waals surface area (Å²) in [6.07, 6.45) is 0.827. The van der Waals surface area contributed by atoms with Crippen LogP contribution in [0.15, 0.2) is 54.6 Å². The number of aryl methyl sites for hydroxylation is 1. The lowest BCUT2D eigenvalue weighted by Crippen LogP contribution is -2.09. The number of anilines is 2. The van der Waals surface area contributed by atoms with Crippen molar-refractivity contribution in [3.05, 3.63) is 77.5 Å². The summed E-state index contributed by atoms with van der Waals surface area (Å²) < 4.78 is 13.1. The van der Waals surface area contributed by atoms with Crippen molar-refractivity contribution in [3.8, 4) is 0 Å². The second-order valence-corrected chi connectivity index (χ2v) is 6.01. The molecule has 4 aromatic rings. The second-order valence-electron chi connectivity index (χ2n) is 6.01. The lowest BCUT2D eigenvalue weighted by molar-refractivity contribution is 0.103. The minimum Gasteiger partial charge on any atom is -0.323 e. The maximum atomic E-state index is 13.1. The van der Waals surface area contributed by atoms with E-state index in [0.717, 1.165) is 17.5 Å². The lowest BCUT2D eigenvalue weighted by atomic mass is 10.1. The zero-order valence-electron chi connectivity index (χ0n) is 14.5. The molecule has 0 saturated carbocycles. The summed E-state index contributed by atoms with van der Waals surface area (Å²) >= 11 is 0. The number of carbonyl (C=O) groups is 1. The maximum Gasteiger partial charge on any atom is 0.230 e. The molecule has 4 rings (SSSR count). The van der Waals surface area contributed by atoms with Crippen molar-refractivity contribution in [2.45, 2.75) is 13.3 Å². The Bertz CT molecular complexity index is 1120. The fraction of sp³-hybridized carbons (Fsp3) is 0.100. The zero-order chi connectivity index (χ0) is 18.8. The number of carbonyl (C=O) groups excluding carboxylic acids is 1. The van der Waals surface area contributed by atoms with Crippen molar-refractivity contribution >= 4 is 28.3 Å². The summed E-state index contributed by atoms with van der Waals surface area (Å²) in [6.45, 7) is 2.02. The van der Waals surface area contributed by atoms with Crippen LogP contribution < -0.4 is 5.32 Å². The molecule has 0 unspecified atom stereocenters. The monoisotopic (exact) mass is 361 g/mol. The molecule has 0 spiro atoms. The Morgan fingerprint density at radius 2 is 1.89 bits per heavy atom. The average molecular weight is 361 g/mol. The number of hydrogen-bond donors (Lipinski definition) is 2. The summed E-state index contributed by atoms with van der Waals surface area (Å²) in [7, 11) is 0. The van der Waals surface area contributed by atoms with Crippen molar-refractivity contribution in [2.75, 3.05) is 5.32 Å². The van der Waals surface area contributed by atoms with Crippen LogP contribution in [0, 0.1) is 5.82 Å². The first-order valence-electron chi connectivity index (χ1n) is 8.52. The van der Waals surface area contributed by atoms with Gasteiger partial charge in [-0.3, -0.25) is 9.89 Å². The number of halogens is 1. The van der Waals surface area contributed by atoms with Gasteiger partial charge in [0, 0.05) is 22.7 Å². The van der Waals surface area contributed by atoms with E-state index in [1.807, 2.05) is 37.3 Å². The number of aromatic nitrogens is 4. The van der Waals surface area contributed by atoms with Crippen LogP contribution in [0.3, 0.4) is 0 Å². The first kappa shape index (κ1) is 16.8. The van der Waals surface area contributed by atoms with E-state index >= 15 is 0 Å². The quantitative estimate of drug-likeness (QED) is 0.524. The van der Waals surface area contributed by atoms with E-state index in [2.05, 4.69) is 25.5 Å². The van der Waals surface area contributed by atoms with Crippen molar-refractivity contribution in [2.24, 2.45) is 0 Å². The van der Waals surface area contributed by atoms with Crippen LogP contribution in [-0.2, 0) is 6.42 Å². The van der Waals surface area contributed by atoms with E-state index in [1.54, 1.807) is 0 Å². The third-order valence-electron chi connectivity index (χ3n) is 4.17. The number of benzene rings is 2. The van der Waals surface area contributed by atoms with Crippen molar-refractivity contribution in [1.82, 2.24) is 20.2 Å². The largest absolute Gasteiger partial charge is 0.323 e. The van der Waals surface area contributed by atoms with Gasteiger partial charge < -0.3 is 5.32 Å². The molecule has 2 N–H and O–H groups in total. The summed E-state index contributed by atoms with van der Waals surface area (Å²) in [6, 6.07) is 14.6. The van der Waals surface area contributed by atoms with Crippen LogP contribution >= 0.6 is 0 Å². The van der Waals surface area contributed by atoms with Crippen LogP contribution in [0.2, 0.25) is 0 Å². The number of nitrogens with one attached hydrogen (secondary N) is 2. The highest BCUT2D eigenvalue weighted by atomic mass is 19.1. The molecule has 2 aromatic heterocycles. The van der Waals surface area contributed by atoms with Gasteiger partial charge in [0.25, 0.3) is 0 Å². The first-order chi connectivity index (χ1) is 13.1. The minimum absolute atomic E-state index is 0.0362. The van der Waals surface area contributed by atoms with Crippen LogP contribution in [0.4, 0.5) is 16.0 Å². The minimum atomic E-state index is -0.404. The van der Waals surface area contributed by atoms with Crippen LogP contribution in [0.1, 0.15) is 28.8 Å². The standard InChI is InChI=1S/C20H16FN5O/c1-2-14-11-17(26-25-14)23-19-15-5-3-4-6-16(15)22-20(24-19)18(27)12-7-9-13(21)10-8-12/h3-11H,2H2,1H3,(H2,22,23,24,25,26). The van der Waals surface area contributed by atoms with Gasteiger partial charge in [-0.15, -0.1) is 0 Å². The van der Waals surface area contributed by atoms with Gasteiger partial charge in [0.15, 0.2) is 5.82 Å². The summed E-state index contributed by atoms with van der Waals surface area (Å²) in [5.74, 6) is 0.351. The number of nitrogens with zero attached hydrogens (tertiary/aromatic N) is 3. The molecule has 0 amide bonds. The highest BCUT2D eigenvalue weighted by molar-refractivity contribution is 6.08. The van der Waals surface area contributed by atoms with E-state index in [1.165, 1.54) is 24.3 Å². The van der Waals surface area contributed by atoms with E-state index in [4.69, 9.17) is 0 Å². The molecule has 0 atom stereocenters. The van der Waals surface area contributed by atoms with E-state index in [-0.39, 0.29) is 11.6 Å². The van der Waals surface area contributed by atoms with Gasteiger partial charge in [0.05, 0.1) is 5.52 Å². The third kappa shape index (κ3) is 3.39. The van der Waals surface area contributed by atoms with Crippen molar-refractivity contribution < 1.29 is 9.18 Å². The molecule has 2 heterocycles. The van der Waals surface area contributed by atoms with Gasteiger partial charge in [-0.2, -0.15) is 5.10 Å². The molecule has 134 valence electrons. The molecule has 0 fully saturated rings. The molecule has 0 bridgehead atoms. The van der Waals surface area contributed by atoms with Crippen LogP contribution in [0.5, 0.6) is 0 Å². The Hall–Kier alpha value is -3.61. The Balaban J connectivity index is 1.77. The highest BCUT2D eigenvalue weighted by Gasteiger charge is 2.16. The fourth-order valence-electron chi connectivity index (χ4n) is 2.73. The first-order valence-corrected chi connectivity index (χ1v) is 8.52. The molecule has 0 aliphatic carbocycles. The predicted molar refractivity (Wildman–Crippen MR) is 101 cm³/mol. The summed E-state index contributed by atoms with van der Waals surface area (Å²) in [5.41, 5.74) is 1.94. The molecule has 2 aromatic carbocycles. The molecular weight excluding hydrogens is 345 g/mol. The van der Waals surface area contributed by atoms with E-state index in [0.29, 0.717) is 22.7 Å². The average Bonchev–Trinajstić information content (AvgIpc) is 3.15. The topological polar surface area (TPSA) is 83.6 Å². The number of ketones is 1. The molecule has 6 nitrogen and oxygen atoms in total. The SMILES string of the molecule is CCc1cc(Nc2nc(C(=O)c3ccc(F)cc3)nc3ccccc23)n[nH]1. The normalized spacial score (nSPS) is 10.9. The summed E-state index contributed by atoms with van der Waals surface area (Å²) in [4.78, 5) is 21.5. The highest BCUT2D eigenvalue weighted by Crippen LogP contribution is 2.24. The zero-order valence-corrected chi connectivity index (χ0v) is 14.5. The van der Waals surface area contributed by atoms with E-state index < -0.39 is 5.82 Å². The molecule has 0 radical (unpaired) electrons. The van der Waals surface area contributed by atoms with Gasteiger partial charge in [0.1, 0.15) is 11.6 Å². The Morgan fingerprint density at radius 1 is 1.11 bits per heavy atom. The van der Waals surface area contributed by atoms with Crippen molar-refractivity contribution in [3.63, 3.8) is 0 Å². The van der Waals surface area contributed by atoms with E-state index in [9.17, 15) is 9.18 Å². The number of fused-ring (bicyclic) bond motifs is 1. The van der Waals surface area contributed by atoms with Gasteiger partial charge in [-0.05, 0) is 42.8 Å². The smallest absolute Gasteiger partial charge is 0.230 e. The third-order valence-corrected chi connectivity index (χ3v) is 4.17. The maximum absolute atomic E-state index is 13.1. The van der Waals surface area contributed by atoms with Crippen LogP contribution in [-0.4, -0.2) is 25.9 Å². The number of para-hydroxylation sites is 1. The lowest BCUT2D eigenvalue weighted by Gasteiger charge is -2.09. The molecule has 27 heavy (non-hydrogen) atoms. The number of aromatic amines is 1. The Morgan fingerprint density at radius 3 is 2.63 bits per heavy atom. The Kier molecular flexibility index (Phi) is 4.33. The van der Waals surface area contributed by atoms with Crippen LogP contribution in [0.25, 0.3) is 10.9 Å². The molecule has 0 aliphatic rings. The second kappa shape index (κ2) is 6.95.